The predicted molar refractivity (Wildman–Crippen MR) is 95.9 cm³/mol. The first kappa shape index (κ1) is 17.2. The van der Waals surface area contributed by atoms with Crippen LogP contribution in [-0.2, 0) is 4.79 Å². The number of Topliss-reactive ketones (excluding diaryl/α,β-unsaturated/α-hetero) is 1. The van der Waals surface area contributed by atoms with Gasteiger partial charge < -0.3 is 9.47 Å². The largest absolute Gasteiger partial charge is 0.452 e. The maximum Gasteiger partial charge on any atom is 0.316 e. The van der Waals surface area contributed by atoms with E-state index < -0.39 is 5.41 Å². The van der Waals surface area contributed by atoms with Crippen LogP contribution in [0.1, 0.15) is 36.7 Å². The van der Waals surface area contributed by atoms with Crippen molar-refractivity contribution in [3.8, 4) is 11.5 Å². The molecule has 25 heavy (non-hydrogen) atoms. The Morgan fingerprint density at radius 2 is 1.88 bits per heavy atom. The highest BCUT2D eigenvalue weighted by Gasteiger charge is 2.29. The molecule has 3 rings (SSSR count). The summed E-state index contributed by atoms with van der Waals surface area (Å²) < 4.78 is 11.0. The van der Waals surface area contributed by atoms with Gasteiger partial charge in [-0.2, -0.15) is 0 Å². The minimum Gasteiger partial charge on any atom is -0.452 e. The van der Waals surface area contributed by atoms with E-state index in [0.29, 0.717) is 27.6 Å². The number of hydrogen-bond donors (Lipinski definition) is 0. The highest BCUT2D eigenvalue weighted by atomic mass is 35.5. The van der Waals surface area contributed by atoms with Gasteiger partial charge in [0.25, 0.3) is 0 Å². The molecule has 0 saturated heterocycles. The van der Waals surface area contributed by atoms with Gasteiger partial charge in [0, 0.05) is 11.1 Å². The maximum absolute atomic E-state index is 12.5. The zero-order chi connectivity index (χ0) is 18.2. The molecule has 0 spiro atoms. The molecule has 0 unspecified atom stereocenters. The van der Waals surface area contributed by atoms with Gasteiger partial charge >= 0.3 is 5.97 Å². The first-order valence-electron chi connectivity index (χ1n) is 7.81. The van der Waals surface area contributed by atoms with Crippen LogP contribution in [0.15, 0.2) is 48.2 Å². The number of fused-ring (bicyclic) bond motifs is 1. The molecule has 0 aliphatic carbocycles. The third-order valence-corrected chi connectivity index (χ3v) is 4.00. The monoisotopic (exact) mass is 356 g/mol. The topological polar surface area (TPSA) is 52.6 Å². The third-order valence-electron chi connectivity index (χ3n) is 3.66. The van der Waals surface area contributed by atoms with Crippen molar-refractivity contribution in [3.05, 3.63) is 64.4 Å². The summed E-state index contributed by atoms with van der Waals surface area (Å²) in [6.07, 6.45) is 1.60. The quantitative estimate of drug-likeness (QED) is 0.436. The van der Waals surface area contributed by atoms with E-state index in [9.17, 15) is 9.59 Å². The highest BCUT2D eigenvalue weighted by molar-refractivity contribution is 6.32. The first-order valence-corrected chi connectivity index (χ1v) is 8.18. The summed E-state index contributed by atoms with van der Waals surface area (Å²) in [4.78, 5) is 24.4. The summed E-state index contributed by atoms with van der Waals surface area (Å²) in [5.41, 5.74) is 0.499. The van der Waals surface area contributed by atoms with E-state index in [2.05, 4.69) is 0 Å². The molecule has 4 nitrogen and oxygen atoms in total. The van der Waals surface area contributed by atoms with Crippen molar-refractivity contribution in [2.24, 2.45) is 5.41 Å². The van der Waals surface area contributed by atoms with Gasteiger partial charge in [0.2, 0.25) is 5.78 Å². The second-order valence-corrected chi connectivity index (χ2v) is 7.17. The minimum atomic E-state index is -0.620. The van der Waals surface area contributed by atoms with Crippen molar-refractivity contribution in [3.63, 3.8) is 0 Å². The molecule has 128 valence electrons. The molecule has 5 heteroatoms. The van der Waals surface area contributed by atoms with Gasteiger partial charge in [-0.05, 0) is 50.6 Å². The van der Waals surface area contributed by atoms with Crippen LogP contribution in [0, 0.1) is 5.41 Å². The molecule has 0 saturated carbocycles. The van der Waals surface area contributed by atoms with Gasteiger partial charge in [-0.3, -0.25) is 9.59 Å². The van der Waals surface area contributed by atoms with Gasteiger partial charge in [0.05, 0.1) is 11.0 Å². The number of esters is 1. The number of allylic oxidation sites excluding steroid dienone is 1. The normalized spacial score (nSPS) is 15.0. The predicted octanol–water partition coefficient (Wildman–Crippen LogP) is 4.91. The van der Waals surface area contributed by atoms with Crippen LogP contribution in [0.25, 0.3) is 6.08 Å². The number of benzene rings is 2. The van der Waals surface area contributed by atoms with Crippen LogP contribution in [0.4, 0.5) is 0 Å². The Balaban J connectivity index is 1.87. The molecular weight excluding hydrogens is 340 g/mol. The van der Waals surface area contributed by atoms with Crippen molar-refractivity contribution in [1.82, 2.24) is 0 Å². The molecular formula is C20H17ClO4. The van der Waals surface area contributed by atoms with E-state index in [-0.39, 0.29) is 17.5 Å². The van der Waals surface area contributed by atoms with Crippen LogP contribution in [-0.4, -0.2) is 11.8 Å². The maximum atomic E-state index is 12.5. The van der Waals surface area contributed by atoms with Gasteiger partial charge in [0.15, 0.2) is 5.76 Å². The molecule has 0 radical (unpaired) electrons. The lowest BCUT2D eigenvalue weighted by Gasteiger charge is -2.16. The number of hydrogen-bond acceptors (Lipinski definition) is 4. The van der Waals surface area contributed by atoms with Gasteiger partial charge in [-0.25, -0.2) is 0 Å². The van der Waals surface area contributed by atoms with E-state index in [4.69, 9.17) is 21.1 Å². The SMILES string of the molecule is CC(C)(C)C(=O)Oc1ccc2c(c1)O/C(=C\c1ccccc1Cl)C2=O. The molecule has 0 fully saturated rings. The lowest BCUT2D eigenvalue weighted by atomic mass is 9.97. The number of halogens is 1. The summed E-state index contributed by atoms with van der Waals surface area (Å²) in [5, 5.41) is 0.530. The van der Waals surface area contributed by atoms with E-state index >= 15 is 0 Å². The average Bonchev–Trinajstić information content (AvgIpc) is 2.84. The Kier molecular flexibility index (Phi) is 4.39. The Morgan fingerprint density at radius 3 is 2.56 bits per heavy atom. The Morgan fingerprint density at radius 1 is 1.16 bits per heavy atom. The summed E-state index contributed by atoms with van der Waals surface area (Å²) in [6.45, 7) is 5.31. The van der Waals surface area contributed by atoms with Crippen LogP contribution >= 0.6 is 11.6 Å². The molecule has 0 amide bonds. The lowest BCUT2D eigenvalue weighted by Crippen LogP contribution is -2.25. The lowest BCUT2D eigenvalue weighted by molar-refractivity contribution is -0.142. The molecule has 0 atom stereocenters. The third kappa shape index (κ3) is 3.59. The molecule has 0 bridgehead atoms. The summed E-state index contributed by atoms with van der Waals surface area (Å²) in [6, 6.07) is 11.9. The Labute approximate surface area is 151 Å². The van der Waals surface area contributed by atoms with Crippen LogP contribution < -0.4 is 9.47 Å². The highest BCUT2D eigenvalue weighted by Crippen LogP contribution is 2.36. The van der Waals surface area contributed by atoms with Crippen molar-refractivity contribution < 1.29 is 19.1 Å². The zero-order valence-electron chi connectivity index (χ0n) is 14.1. The number of ether oxygens (including phenoxy) is 2. The molecule has 0 N–H and O–H groups in total. The van der Waals surface area contributed by atoms with Gasteiger partial charge in [-0.1, -0.05) is 29.8 Å². The molecule has 2 aromatic carbocycles. The minimum absolute atomic E-state index is 0.183. The number of carbonyl (C=O) groups is 2. The van der Waals surface area contributed by atoms with Crippen molar-refractivity contribution in [2.75, 3.05) is 0 Å². The fourth-order valence-corrected chi connectivity index (χ4v) is 2.41. The van der Waals surface area contributed by atoms with Crippen LogP contribution in [0.2, 0.25) is 5.02 Å². The van der Waals surface area contributed by atoms with Crippen molar-refractivity contribution >= 4 is 29.4 Å². The smallest absolute Gasteiger partial charge is 0.316 e. The Bertz CT molecular complexity index is 891. The second-order valence-electron chi connectivity index (χ2n) is 6.76. The Hall–Kier alpha value is -2.59. The van der Waals surface area contributed by atoms with Gasteiger partial charge in [-0.15, -0.1) is 0 Å². The standard InChI is InChI=1S/C20H17ClO4/c1-20(2,3)19(23)24-13-8-9-14-16(11-13)25-17(18(14)22)10-12-6-4-5-7-15(12)21/h4-11H,1-3H3/b17-10-. The van der Waals surface area contributed by atoms with Gasteiger partial charge in [0.1, 0.15) is 11.5 Å². The summed E-state index contributed by atoms with van der Waals surface area (Å²) in [5.74, 6) is 0.294. The van der Waals surface area contributed by atoms with Crippen molar-refractivity contribution in [2.45, 2.75) is 20.8 Å². The van der Waals surface area contributed by atoms with E-state index in [1.165, 1.54) is 0 Å². The van der Waals surface area contributed by atoms with E-state index in [1.807, 2.05) is 12.1 Å². The zero-order valence-corrected chi connectivity index (χ0v) is 14.9. The molecule has 1 aliphatic heterocycles. The molecule has 0 aromatic heterocycles. The summed E-state index contributed by atoms with van der Waals surface area (Å²) >= 11 is 6.12. The fraction of sp³-hybridized carbons (Fsp3) is 0.200. The average molecular weight is 357 g/mol. The van der Waals surface area contributed by atoms with Crippen LogP contribution in [0.3, 0.4) is 0 Å². The molecule has 1 aliphatic rings. The van der Waals surface area contributed by atoms with Crippen LogP contribution in [0.5, 0.6) is 11.5 Å². The molecule has 2 aromatic rings. The number of ketones is 1. The second kappa shape index (κ2) is 6.37. The number of rotatable bonds is 2. The van der Waals surface area contributed by atoms with E-state index in [0.717, 1.165) is 0 Å². The first-order chi connectivity index (χ1) is 11.8. The van der Waals surface area contributed by atoms with Crippen molar-refractivity contribution in [1.29, 1.82) is 0 Å². The number of carbonyl (C=O) groups excluding carboxylic acids is 2. The molecule has 1 heterocycles. The summed E-state index contributed by atoms with van der Waals surface area (Å²) in [7, 11) is 0. The fourth-order valence-electron chi connectivity index (χ4n) is 2.22. The van der Waals surface area contributed by atoms with E-state index in [1.54, 1.807) is 57.2 Å².